The van der Waals surface area contributed by atoms with E-state index < -0.39 is 0 Å². The first-order valence-corrected chi connectivity index (χ1v) is 10.9. The number of hydrogen-bond acceptors (Lipinski definition) is 3. The molecule has 2 aromatic rings. The molecule has 2 aliphatic rings. The van der Waals surface area contributed by atoms with E-state index in [-0.39, 0.29) is 5.91 Å². The molecule has 154 valence electrons. The maximum Gasteiger partial charge on any atom is 0.244 e. The summed E-state index contributed by atoms with van der Waals surface area (Å²) in [6.07, 6.45) is 14.4. The first kappa shape index (κ1) is 19.8. The molecule has 0 aliphatic heterocycles. The zero-order chi connectivity index (χ0) is 20.2. The van der Waals surface area contributed by atoms with Gasteiger partial charge in [-0.25, -0.2) is 0 Å². The van der Waals surface area contributed by atoms with Gasteiger partial charge in [-0.2, -0.15) is 0 Å². The number of rotatable bonds is 6. The summed E-state index contributed by atoms with van der Waals surface area (Å²) in [5.41, 5.74) is 5.56. The number of ether oxygens (including phenoxy) is 1. The van der Waals surface area contributed by atoms with Crippen molar-refractivity contribution >= 4 is 22.4 Å². The van der Waals surface area contributed by atoms with Crippen LogP contribution in [0, 0.1) is 0 Å². The van der Waals surface area contributed by atoms with Crippen molar-refractivity contribution in [3.8, 4) is 5.75 Å². The first-order chi connectivity index (χ1) is 14.2. The maximum atomic E-state index is 12.4. The van der Waals surface area contributed by atoms with Crippen LogP contribution in [0.4, 0.5) is 0 Å². The second-order valence-corrected chi connectivity index (χ2v) is 8.24. The predicted molar refractivity (Wildman–Crippen MR) is 117 cm³/mol. The summed E-state index contributed by atoms with van der Waals surface area (Å²) in [5.74, 6) is 1.81. The summed E-state index contributed by atoms with van der Waals surface area (Å²) in [5, 5.41) is 4.19. The fraction of sp³-hybridized carbons (Fsp3) is 0.480. The van der Waals surface area contributed by atoms with Gasteiger partial charge in [0.1, 0.15) is 17.1 Å². The highest BCUT2D eigenvalue weighted by Crippen LogP contribution is 2.37. The lowest BCUT2D eigenvalue weighted by atomic mass is 9.94. The average Bonchev–Trinajstić information content (AvgIpc) is 3.11. The molecule has 2 aliphatic carbocycles. The number of fused-ring (bicyclic) bond motifs is 3. The minimum atomic E-state index is -0.0460. The normalized spacial score (nSPS) is 17.0. The molecule has 4 heteroatoms. The molecule has 29 heavy (non-hydrogen) atoms. The van der Waals surface area contributed by atoms with Gasteiger partial charge in [0.15, 0.2) is 0 Å². The molecule has 0 spiro atoms. The number of methoxy groups -OCH3 is 1. The number of carbonyl (C=O) groups is 1. The Hall–Kier alpha value is -2.49. The van der Waals surface area contributed by atoms with Crippen LogP contribution in [-0.2, 0) is 17.6 Å². The number of hydrogen-bond donors (Lipinski definition) is 1. The second kappa shape index (κ2) is 8.89. The summed E-state index contributed by atoms with van der Waals surface area (Å²) in [4.78, 5) is 12.4. The molecule has 0 saturated carbocycles. The van der Waals surface area contributed by atoms with E-state index in [4.69, 9.17) is 9.15 Å². The van der Waals surface area contributed by atoms with Gasteiger partial charge >= 0.3 is 0 Å². The number of allylic oxidation sites excluding steroid dienone is 2. The fourth-order valence-electron chi connectivity index (χ4n) is 4.57. The molecule has 4 rings (SSSR count). The van der Waals surface area contributed by atoms with E-state index in [9.17, 15) is 4.79 Å². The average molecular weight is 394 g/mol. The van der Waals surface area contributed by atoms with Crippen molar-refractivity contribution in [2.24, 2.45) is 0 Å². The van der Waals surface area contributed by atoms with Crippen LogP contribution in [0.25, 0.3) is 16.5 Å². The molecule has 0 fully saturated rings. The van der Waals surface area contributed by atoms with E-state index in [0.717, 1.165) is 52.9 Å². The largest absolute Gasteiger partial charge is 0.496 e. The monoisotopic (exact) mass is 393 g/mol. The number of benzene rings is 1. The quantitative estimate of drug-likeness (QED) is 0.504. The van der Waals surface area contributed by atoms with E-state index in [1.165, 1.54) is 49.7 Å². The highest BCUT2D eigenvalue weighted by atomic mass is 16.5. The van der Waals surface area contributed by atoms with Gasteiger partial charge in [-0.1, -0.05) is 11.6 Å². The molecule has 0 atom stereocenters. The predicted octanol–water partition coefficient (Wildman–Crippen LogP) is 5.73. The summed E-state index contributed by atoms with van der Waals surface area (Å²) in [6, 6.07) is 4.10. The second-order valence-electron chi connectivity index (χ2n) is 8.24. The number of furan rings is 1. The molecular formula is C25H31NO3. The molecule has 4 nitrogen and oxygen atoms in total. The molecule has 1 amide bonds. The van der Waals surface area contributed by atoms with Gasteiger partial charge in [0, 0.05) is 41.6 Å². The maximum absolute atomic E-state index is 12.4. The molecule has 0 bridgehead atoms. The summed E-state index contributed by atoms with van der Waals surface area (Å²) in [7, 11) is 1.67. The molecule has 0 saturated heterocycles. The van der Waals surface area contributed by atoms with Crippen LogP contribution in [0.3, 0.4) is 0 Å². The van der Waals surface area contributed by atoms with Gasteiger partial charge in [0.05, 0.1) is 7.11 Å². The van der Waals surface area contributed by atoms with Gasteiger partial charge in [0.2, 0.25) is 5.91 Å². The first-order valence-electron chi connectivity index (χ1n) is 10.9. The van der Waals surface area contributed by atoms with Gasteiger partial charge < -0.3 is 14.5 Å². The van der Waals surface area contributed by atoms with Crippen LogP contribution in [0.5, 0.6) is 5.75 Å². The Morgan fingerprint density at radius 2 is 2.00 bits per heavy atom. The highest BCUT2D eigenvalue weighted by Gasteiger charge is 2.20. The van der Waals surface area contributed by atoms with Gasteiger partial charge in [-0.15, -0.1) is 0 Å². The number of amides is 1. The lowest BCUT2D eigenvalue weighted by Gasteiger charge is -2.13. The Bertz CT molecular complexity index is 964. The van der Waals surface area contributed by atoms with Crippen molar-refractivity contribution in [2.45, 2.75) is 64.7 Å². The van der Waals surface area contributed by atoms with Gasteiger partial charge in [-0.3, -0.25) is 4.79 Å². The third-order valence-electron chi connectivity index (χ3n) is 6.18. The molecule has 1 N–H and O–H groups in total. The van der Waals surface area contributed by atoms with Crippen LogP contribution < -0.4 is 10.1 Å². The van der Waals surface area contributed by atoms with Crippen molar-refractivity contribution in [2.75, 3.05) is 13.7 Å². The van der Waals surface area contributed by atoms with E-state index in [2.05, 4.69) is 17.5 Å². The van der Waals surface area contributed by atoms with Crippen LogP contribution >= 0.6 is 0 Å². The summed E-state index contributed by atoms with van der Waals surface area (Å²) in [6.45, 7) is 2.67. The van der Waals surface area contributed by atoms with E-state index in [1.807, 2.05) is 13.0 Å². The van der Waals surface area contributed by atoms with Gasteiger partial charge in [0.25, 0.3) is 0 Å². The third kappa shape index (κ3) is 4.42. The molecular weight excluding hydrogens is 362 g/mol. The SMILES string of the molecule is COc1cc2oc3c(c2cc1/C(C)=C/C(=O)NCCC1=CCCCC1)CCCC3. The van der Waals surface area contributed by atoms with Crippen molar-refractivity contribution in [1.82, 2.24) is 5.32 Å². The standard InChI is InChI=1S/C25H31NO3/c1-17(14-25(27)26-13-12-18-8-4-3-5-9-18)20-15-21-19-10-6-7-11-22(19)29-24(21)16-23(20)28-2/h8,14-16H,3-7,9-13H2,1-2H3,(H,26,27)/b17-14+. The van der Waals surface area contributed by atoms with Crippen LogP contribution in [0.2, 0.25) is 0 Å². The van der Waals surface area contributed by atoms with Gasteiger partial charge in [-0.05, 0) is 69.9 Å². The van der Waals surface area contributed by atoms with E-state index in [1.54, 1.807) is 13.2 Å². The minimum absolute atomic E-state index is 0.0460. The van der Waals surface area contributed by atoms with E-state index >= 15 is 0 Å². The Morgan fingerprint density at radius 3 is 2.79 bits per heavy atom. The Balaban J connectivity index is 1.51. The molecule has 1 aromatic carbocycles. The van der Waals surface area contributed by atoms with Crippen LogP contribution in [0.1, 0.15) is 68.8 Å². The lowest BCUT2D eigenvalue weighted by Crippen LogP contribution is -2.23. The van der Waals surface area contributed by atoms with Crippen LogP contribution in [-0.4, -0.2) is 19.6 Å². The molecule has 1 aromatic heterocycles. The summed E-state index contributed by atoms with van der Waals surface area (Å²) < 4.78 is 11.7. The zero-order valence-corrected chi connectivity index (χ0v) is 17.6. The Labute approximate surface area is 173 Å². The van der Waals surface area contributed by atoms with Crippen molar-refractivity contribution < 1.29 is 13.9 Å². The smallest absolute Gasteiger partial charge is 0.244 e. The van der Waals surface area contributed by atoms with Crippen molar-refractivity contribution in [1.29, 1.82) is 0 Å². The topological polar surface area (TPSA) is 51.5 Å². The number of aryl methyl sites for hydroxylation is 2. The zero-order valence-electron chi connectivity index (χ0n) is 17.6. The van der Waals surface area contributed by atoms with Crippen molar-refractivity contribution in [3.63, 3.8) is 0 Å². The molecule has 0 unspecified atom stereocenters. The Kier molecular flexibility index (Phi) is 6.08. The van der Waals surface area contributed by atoms with Crippen LogP contribution in [0.15, 0.2) is 34.3 Å². The van der Waals surface area contributed by atoms with Crippen molar-refractivity contribution in [3.05, 3.63) is 46.7 Å². The lowest BCUT2D eigenvalue weighted by molar-refractivity contribution is -0.116. The Morgan fingerprint density at radius 1 is 1.17 bits per heavy atom. The third-order valence-corrected chi connectivity index (χ3v) is 6.18. The molecule has 1 heterocycles. The summed E-state index contributed by atoms with van der Waals surface area (Å²) >= 11 is 0. The highest BCUT2D eigenvalue weighted by molar-refractivity contribution is 5.97. The fourth-order valence-corrected chi connectivity index (χ4v) is 4.57. The van der Waals surface area contributed by atoms with E-state index in [0.29, 0.717) is 6.54 Å². The molecule has 0 radical (unpaired) electrons. The number of nitrogens with one attached hydrogen (secondary N) is 1. The number of carbonyl (C=O) groups excluding carboxylic acids is 1. The minimum Gasteiger partial charge on any atom is -0.496 e.